The summed E-state index contributed by atoms with van der Waals surface area (Å²) in [5, 5.41) is 0.908. The molecule has 0 saturated carbocycles. The molecule has 30 heavy (non-hydrogen) atoms. The third kappa shape index (κ3) is 3.26. The number of rotatable bonds is 4. The van der Waals surface area contributed by atoms with Gasteiger partial charge in [-0.05, 0) is 56.5 Å². The van der Waals surface area contributed by atoms with Gasteiger partial charge in [0.1, 0.15) is 11.2 Å². The Balaban J connectivity index is 1.76. The van der Waals surface area contributed by atoms with E-state index in [1.807, 2.05) is 24.3 Å². The van der Waals surface area contributed by atoms with Crippen molar-refractivity contribution >= 4 is 28.7 Å². The molecule has 1 aromatic carbocycles. The van der Waals surface area contributed by atoms with Crippen LogP contribution in [0, 0.1) is 0 Å². The van der Waals surface area contributed by atoms with Crippen LogP contribution in [0.2, 0.25) is 0 Å². The van der Waals surface area contributed by atoms with Gasteiger partial charge >= 0.3 is 0 Å². The lowest BCUT2D eigenvalue weighted by molar-refractivity contribution is 0.610. The maximum Gasteiger partial charge on any atom is 0.155 e. The van der Waals surface area contributed by atoms with Crippen molar-refractivity contribution in [2.45, 2.75) is 26.7 Å². The van der Waals surface area contributed by atoms with Crippen LogP contribution < -0.4 is 10.3 Å². The molecular weight excluding hydrogens is 372 g/mol. The summed E-state index contributed by atoms with van der Waals surface area (Å²) in [6, 6.07) is 14.0. The first-order valence-electron chi connectivity index (χ1n) is 10.5. The maximum atomic E-state index is 6.37. The molecule has 5 rings (SSSR count). The van der Waals surface area contributed by atoms with Crippen LogP contribution in [0.3, 0.4) is 0 Å². The second-order valence-electron chi connectivity index (χ2n) is 7.41. The number of nitrogens with zero attached hydrogens (tertiary/aromatic N) is 4. The van der Waals surface area contributed by atoms with Crippen molar-refractivity contribution in [3.8, 4) is 11.5 Å². The third-order valence-corrected chi connectivity index (χ3v) is 5.64. The zero-order valence-electron chi connectivity index (χ0n) is 17.3. The predicted octanol–water partition coefficient (Wildman–Crippen LogP) is 5.37. The summed E-state index contributed by atoms with van der Waals surface area (Å²) in [4.78, 5) is 16.5. The van der Waals surface area contributed by atoms with Gasteiger partial charge in [0, 0.05) is 42.7 Å². The Hall–Kier alpha value is -3.47. The fraction of sp³-hybridized carbons (Fsp3) is 0.240. The molecule has 2 heterocycles. The molecule has 0 radical (unpaired) electrons. The highest BCUT2D eigenvalue weighted by atomic mass is 16.3. The van der Waals surface area contributed by atoms with Crippen LogP contribution in [-0.4, -0.2) is 23.1 Å². The fourth-order valence-electron chi connectivity index (χ4n) is 4.10. The Labute approximate surface area is 175 Å². The quantitative estimate of drug-likeness (QED) is 0.436. The van der Waals surface area contributed by atoms with E-state index >= 15 is 0 Å². The molecule has 0 N–H and O–H groups in total. The number of anilines is 1. The van der Waals surface area contributed by atoms with Crippen LogP contribution in [0.5, 0.6) is 0 Å². The number of allylic oxidation sites excluding steroid dienone is 1. The average molecular weight is 396 g/mol. The second-order valence-corrected chi connectivity index (χ2v) is 7.41. The highest BCUT2D eigenvalue weighted by Gasteiger charge is 2.20. The lowest BCUT2D eigenvalue weighted by Gasteiger charge is -2.21. The van der Waals surface area contributed by atoms with Crippen LogP contribution in [0.15, 0.2) is 64.1 Å². The van der Waals surface area contributed by atoms with Gasteiger partial charge in [-0.1, -0.05) is 18.2 Å². The first kappa shape index (κ1) is 18.6. The number of hydrogen-bond donors (Lipinski definition) is 0. The highest BCUT2D eigenvalue weighted by molar-refractivity contribution is 5.83. The Bertz CT molecular complexity index is 1270. The van der Waals surface area contributed by atoms with Gasteiger partial charge in [0.2, 0.25) is 0 Å². The largest absolute Gasteiger partial charge is 0.453 e. The van der Waals surface area contributed by atoms with Crippen molar-refractivity contribution in [3.05, 3.63) is 71.2 Å². The molecule has 0 bridgehead atoms. The Kier molecular flexibility index (Phi) is 4.79. The van der Waals surface area contributed by atoms with Gasteiger partial charge in [-0.25, -0.2) is 15.0 Å². The van der Waals surface area contributed by atoms with Crippen LogP contribution in [-0.2, 0) is 6.42 Å². The van der Waals surface area contributed by atoms with Gasteiger partial charge in [-0.3, -0.25) is 0 Å². The summed E-state index contributed by atoms with van der Waals surface area (Å²) in [6.07, 6.45) is 8.05. The van der Waals surface area contributed by atoms with E-state index in [0.29, 0.717) is 5.82 Å². The van der Waals surface area contributed by atoms with Crippen molar-refractivity contribution in [1.29, 1.82) is 0 Å². The minimum Gasteiger partial charge on any atom is -0.453 e. The molecular formula is C25H24N4O. The van der Waals surface area contributed by atoms with Crippen LogP contribution in [0.4, 0.5) is 11.5 Å². The van der Waals surface area contributed by atoms with Crippen molar-refractivity contribution in [1.82, 2.24) is 9.97 Å². The highest BCUT2D eigenvalue weighted by Crippen LogP contribution is 2.33. The Morgan fingerprint density at radius 1 is 1.10 bits per heavy atom. The normalized spacial score (nSPS) is 13.7. The van der Waals surface area contributed by atoms with E-state index in [2.05, 4.69) is 54.1 Å². The number of aromatic nitrogens is 2. The van der Waals surface area contributed by atoms with Gasteiger partial charge in [0.25, 0.3) is 0 Å². The number of hydrogen-bond acceptors (Lipinski definition) is 5. The summed E-state index contributed by atoms with van der Waals surface area (Å²) >= 11 is 0. The summed E-state index contributed by atoms with van der Waals surface area (Å²) in [5.74, 6) is 1.45. The Morgan fingerprint density at radius 2 is 2.00 bits per heavy atom. The monoisotopic (exact) mass is 396 g/mol. The molecule has 1 aliphatic heterocycles. The van der Waals surface area contributed by atoms with Crippen LogP contribution >= 0.6 is 0 Å². The zero-order chi connectivity index (χ0) is 20.5. The van der Waals surface area contributed by atoms with Crippen molar-refractivity contribution in [2.24, 2.45) is 4.99 Å². The minimum absolute atomic E-state index is 0.700. The van der Waals surface area contributed by atoms with Crippen molar-refractivity contribution < 1.29 is 4.42 Å². The summed E-state index contributed by atoms with van der Waals surface area (Å²) < 4.78 is 6.37. The SMILES string of the molecule is CCN(CC)c1ccc2nc3c4c(c(=Nc5ccccn5)cc-3oc2c1)CCC=C4. The van der Waals surface area contributed by atoms with E-state index < -0.39 is 0 Å². The topological polar surface area (TPSA) is 54.5 Å². The van der Waals surface area contributed by atoms with Crippen LogP contribution in [0.1, 0.15) is 31.4 Å². The molecule has 150 valence electrons. The molecule has 0 fully saturated rings. The summed E-state index contributed by atoms with van der Waals surface area (Å²) in [5.41, 5.74) is 6.01. The summed E-state index contributed by atoms with van der Waals surface area (Å²) in [6.45, 7) is 6.23. The standard InChI is InChI=1S/C25H24N4O/c1-3-29(4-2)17-12-13-20-22(15-17)30-23-16-21(27-24-11-7-8-14-26-24)18-9-5-6-10-19(18)25(23)28-20/h6-8,10-16H,3-5,9H2,1-2H3. The molecule has 0 unspecified atom stereocenters. The van der Waals surface area contributed by atoms with E-state index in [-0.39, 0.29) is 0 Å². The molecule has 0 amide bonds. The molecule has 1 aromatic heterocycles. The Morgan fingerprint density at radius 3 is 2.80 bits per heavy atom. The van der Waals surface area contributed by atoms with E-state index in [4.69, 9.17) is 14.4 Å². The molecule has 5 heteroatoms. The van der Waals surface area contributed by atoms with E-state index in [1.54, 1.807) is 6.20 Å². The fourth-order valence-corrected chi connectivity index (χ4v) is 4.10. The summed E-state index contributed by atoms with van der Waals surface area (Å²) in [7, 11) is 0. The number of pyridine rings is 1. The van der Waals surface area contributed by atoms with E-state index in [1.165, 1.54) is 5.56 Å². The van der Waals surface area contributed by atoms with Crippen molar-refractivity contribution in [2.75, 3.05) is 18.0 Å². The molecule has 5 nitrogen and oxygen atoms in total. The van der Waals surface area contributed by atoms with E-state index in [9.17, 15) is 0 Å². The lowest BCUT2D eigenvalue weighted by atomic mass is 9.93. The number of benzene rings is 2. The van der Waals surface area contributed by atoms with Gasteiger partial charge in [0.15, 0.2) is 17.2 Å². The molecule has 2 aliphatic carbocycles. The average Bonchev–Trinajstić information content (AvgIpc) is 2.79. The zero-order valence-corrected chi connectivity index (χ0v) is 17.3. The lowest BCUT2D eigenvalue weighted by Crippen LogP contribution is -2.21. The molecule has 3 aliphatic rings. The van der Waals surface area contributed by atoms with Gasteiger partial charge in [0.05, 0.1) is 5.36 Å². The van der Waals surface area contributed by atoms with Crippen molar-refractivity contribution in [3.63, 3.8) is 0 Å². The first-order valence-corrected chi connectivity index (χ1v) is 10.5. The molecule has 0 saturated heterocycles. The van der Waals surface area contributed by atoms with E-state index in [0.717, 1.165) is 65.1 Å². The smallest absolute Gasteiger partial charge is 0.155 e. The number of fused-ring (bicyclic) bond motifs is 4. The van der Waals surface area contributed by atoms with Crippen LogP contribution in [0.25, 0.3) is 28.6 Å². The van der Waals surface area contributed by atoms with Gasteiger partial charge in [-0.15, -0.1) is 0 Å². The van der Waals surface area contributed by atoms with Gasteiger partial charge in [-0.2, -0.15) is 0 Å². The maximum absolute atomic E-state index is 6.37. The van der Waals surface area contributed by atoms with Gasteiger partial charge < -0.3 is 9.32 Å². The molecule has 0 spiro atoms. The minimum atomic E-state index is 0.700. The molecule has 2 aromatic rings. The third-order valence-electron chi connectivity index (χ3n) is 5.64. The molecule has 0 atom stereocenters. The predicted molar refractivity (Wildman–Crippen MR) is 121 cm³/mol. The first-order chi connectivity index (χ1) is 14.8. The second kappa shape index (κ2) is 7.75.